The number of nitrogens with one attached hydrogen (secondary N) is 1. The number of anilines is 2. The number of aliphatic carboxylic acids is 1. The first-order chi connectivity index (χ1) is 18.9. The van der Waals surface area contributed by atoms with E-state index in [2.05, 4.69) is 15.3 Å². The van der Waals surface area contributed by atoms with Crippen molar-refractivity contribution < 1.29 is 27.8 Å². The summed E-state index contributed by atoms with van der Waals surface area (Å²) in [6.45, 7) is 5.69. The van der Waals surface area contributed by atoms with Gasteiger partial charge in [-0.15, -0.1) is 0 Å². The largest absolute Gasteiger partial charge is 0.480 e. The van der Waals surface area contributed by atoms with Crippen LogP contribution < -0.4 is 20.7 Å². The maximum absolute atomic E-state index is 14.2. The SMILES string of the molecule is Cc1cc(C)cc(-c2ccc([C@@H](Oc3cc(N4CCC5(CC4)CN[C@H](C(=O)O)C5)nc(N)n3)C(F)(F)F)cc2)c1. The lowest BCUT2D eigenvalue weighted by molar-refractivity contribution is -0.198. The first kappa shape index (κ1) is 27.7. The Hall–Kier alpha value is -3.86. The number of ether oxygens (including phenoxy) is 1. The van der Waals surface area contributed by atoms with Crippen molar-refractivity contribution in [1.29, 1.82) is 0 Å². The van der Waals surface area contributed by atoms with Crippen LogP contribution in [0.15, 0.2) is 48.5 Å². The van der Waals surface area contributed by atoms with Crippen LogP contribution in [0.4, 0.5) is 24.9 Å². The minimum absolute atomic E-state index is 0.0546. The third-order valence-electron chi connectivity index (χ3n) is 7.82. The second-order valence-corrected chi connectivity index (χ2v) is 10.9. The highest BCUT2D eigenvalue weighted by Gasteiger charge is 2.45. The number of hydrogen-bond donors (Lipinski definition) is 3. The quantitative estimate of drug-likeness (QED) is 0.387. The monoisotopic (exact) mass is 555 g/mol. The van der Waals surface area contributed by atoms with Crippen LogP contribution in [0.25, 0.3) is 11.1 Å². The maximum Gasteiger partial charge on any atom is 0.429 e. The number of piperidine rings is 1. The van der Waals surface area contributed by atoms with Crippen molar-refractivity contribution in [2.75, 3.05) is 30.3 Å². The van der Waals surface area contributed by atoms with Gasteiger partial charge in [-0.2, -0.15) is 23.1 Å². The predicted octanol–water partition coefficient (Wildman–Crippen LogP) is 5.06. The molecule has 212 valence electrons. The number of hydrogen-bond acceptors (Lipinski definition) is 7. The number of carbonyl (C=O) groups is 1. The van der Waals surface area contributed by atoms with Gasteiger partial charge in [0.25, 0.3) is 0 Å². The van der Waals surface area contributed by atoms with Crippen molar-refractivity contribution in [3.05, 3.63) is 65.2 Å². The Bertz CT molecular complexity index is 1370. The van der Waals surface area contributed by atoms with E-state index in [1.54, 1.807) is 12.1 Å². The lowest BCUT2D eigenvalue weighted by Crippen LogP contribution is -2.41. The third-order valence-corrected chi connectivity index (χ3v) is 7.82. The molecule has 2 fully saturated rings. The predicted molar refractivity (Wildman–Crippen MR) is 145 cm³/mol. The van der Waals surface area contributed by atoms with Crippen molar-refractivity contribution >= 4 is 17.7 Å². The highest BCUT2D eigenvalue weighted by Crippen LogP contribution is 2.41. The van der Waals surface area contributed by atoms with Gasteiger partial charge < -0.3 is 25.8 Å². The van der Waals surface area contributed by atoms with E-state index in [1.165, 1.54) is 18.2 Å². The van der Waals surface area contributed by atoms with Crippen LogP contribution in [0.5, 0.6) is 5.88 Å². The minimum atomic E-state index is -4.70. The smallest absolute Gasteiger partial charge is 0.429 e. The molecule has 2 atom stereocenters. The van der Waals surface area contributed by atoms with Crippen molar-refractivity contribution in [3.63, 3.8) is 0 Å². The number of nitrogens with two attached hydrogens (primary N) is 1. The summed E-state index contributed by atoms with van der Waals surface area (Å²) in [5.41, 5.74) is 9.58. The summed E-state index contributed by atoms with van der Waals surface area (Å²) in [5, 5.41) is 12.4. The van der Waals surface area contributed by atoms with E-state index in [-0.39, 0.29) is 22.8 Å². The molecule has 8 nitrogen and oxygen atoms in total. The summed E-state index contributed by atoms with van der Waals surface area (Å²) < 4.78 is 48.0. The van der Waals surface area contributed by atoms with Crippen molar-refractivity contribution in [2.24, 2.45) is 5.41 Å². The molecule has 0 unspecified atom stereocenters. The van der Waals surface area contributed by atoms with E-state index >= 15 is 0 Å². The number of carboxylic acids is 1. The molecule has 4 N–H and O–H groups in total. The zero-order valence-electron chi connectivity index (χ0n) is 22.3. The molecule has 0 saturated carbocycles. The molecule has 5 rings (SSSR count). The lowest BCUT2D eigenvalue weighted by Gasteiger charge is -2.39. The Balaban J connectivity index is 1.33. The molecule has 0 radical (unpaired) electrons. The molecule has 0 aliphatic carbocycles. The number of benzene rings is 2. The Morgan fingerprint density at radius 3 is 2.30 bits per heavy atom. The van der Waals surface area contributed by atoms with Crippen LogP contribution in [0.1, 0.15) is 42.1 Å². The van der Waals surface area contributed by atoms with Crippen LogP contribution in [0.3, 0.4) is 0 Å². The number of alkyl halides is 3. The van der Waals surface area contributed by atoms with Crippen molar-refractivity contribution in [1.82, 2.24) is 15.3 Å². The van der Waals surface area contributed by atoms with Gasteiger partial charge in [0.2, 0.25) is 17.9 Å². The summed E-state index contributed by atoms with van der Waals surface area (Å²) in [4.78, 5) is 21.5. The average Bonchev–Trinajstić information content (AvgIpc) is 3.30. The number of nitrogen functional groups attached to an aromatic ring is 1. The molecule has 40 heavy (non-hydrogen) atoms. The fourth-order valence-corrected chi connectivity index (χ4v) is 5.77. The minimum Gasteiger partial charge on any atom is -0.480 e. The average molecular weight is 556 g/mol. The van der Waals surface area contributed by atoms with Gasteiger partial charge in [-0.3, -0.25) is 4.79 Å². The Morgan fingerprint density at radius 2 is 1.73 bits per heavy atom. The molecular formula is C29H32F3N5O3. The second kappa shape index (κ2) is 10.6. The van der Waals surface area contributed by atoms with E-state index in [0.717, 1.165) is 35.1 Å². The summed E-state index contributed by atoms with van der Waals surface area (Å²) in [5.74, 6) is -0.933. The summed E-state index contributed by atoms with van der Waals surface area (Å²) in [6.07, 6.45) is -4.95. The number of nitrogens with zero attached hydrogens (tertiary/aromatic N) is 3. The second-order valence-electron chi connectivity index (χ2n) is 10.9. The third kappa shape index (κ3) is 5.99. The van der Waals surface area contributed by atoms with Gasteiger partial charge in [0.15, 0.2) is 0 Å². The van der Waals surface area contributed by atoms with Gasteiger partial charge in [-0.05, 0) is 49.7 Å². The van der Waals surface area contributed by atoms with E-state index in [1.807, 2.05) is 36.9 Å². The summed E-state index contributed by atoms with van der Waals surface area (Å²) in [7, 11) is 0. The molecule has 11 heteroatoms. The standard InChI is InChI=1S/C29H32F3N5O3/c1-17-11-18(2)13-21(12-17)19-3-5-20(6-4-19)25(29(30,31)32)40-24-14-23(35-27(33)36-24)37-9-7-28(8-10-37)15-22(26(38)39)34-16-28/h3-6,11-14,22,25,34H,7-10,15-16H2,1-2H3,(H,38,39)(H2,33,35,36)/t22-,25+/m0/s1. The number of aryl methyl sites for hydroxylation is 2. The topological polar surface area (TPSA) is 114 Å². The molecule has 0 amide bonds. The number of halogens is 3. The molecular weight excluding hydrogens is 523 g/mol. The summed E-state index contributed by atoms with van der Waals surface area (Å²) >= 11 is 0. The van der Waals surface area contributed by atoms with Gasteiger partial charge >= 0.3 is 12.1 Å². The number of carboxylic acid groups (broad SMARTS) is 1. The molecule has 2 aliphatic rings. The number of rotatable bonds is 6. The highest BCUT2D eigenvalue weighted by molar-refractivity contribution is 5.74. The van der Waals surface area contributed by atoms with E-state index in [9.17, 15) is 23.1 Å². The van der Waals surface area contributed by atoms with Gasteiger partial charge in [0, 0.05) is 31.3 Å². The van der Waals surface area contributed by atoms with Gasteiger partial charge in [-0.1, -0.05) is 53.6 Å². The maximum atomic E-state index is 14.2. The Morgan fingerprint density at radius 1 is 1.07 bits per heavy atom. The lowest BCUT2D eigenvalue weighted by atomic mass is 9.76. The van der Waals surface area contributed by atoms with Crippen LogP contribution >= 0.6 is 0 Å². The van der Waals surface area contributed by atoms with Crippen LogP contribution in [-0.2, 0) is 4.79 Å². The zero-order valence-corrected chi connectivity index (χ0v) is 22.3. The van der Waals surface area contributed by atoms with Crippen molar-refractivity contribution in [3.8, 4) is 17.0 Å². The molecule has 0 bridgehead atoms. The molecule has 2 aliphatic heterocycles. The molecule has 2 saturated heterocycles. The molecule has 3 aromatic rings. The van der Waals surface area contributed by atoms with Gasteiger partial charge in [-0.25, -0.2) is 0 Å². The summed E-state index contributed by atoms with van der Waals surface area (Å²) in [6, 6.07) is 13.0. The molecule has 2 aromatic carbocycles. The van der Waals surface area contributed by atoms with Crippen LogP contribution in [0, 0.1) is 19.3 Å². The first-order valence-corrected chi connectivity index (χ1v) is 13.2. The van der Waals surface area contributed by atoms with E-state index in [0.29, 0.717) is 31.9 Å². The van der Waals surface area contributed by atoms with Crippen molar-refractivity contribution in [2.45, 2.75) is 51.4 Å². The Labute approximate surface area is 230 Å². The van der Waals surface area contributed by atoms with Crippen LogP contribution in [-0.4, -0.2) is 52.9 Å². The molecule has 1 spiro atoms. The van der Waals surface area contributed by atoms with E-state index in [4.69, 9.17) is 10.5 Å². The van der Waals surface area contributed by atoms with E-state index < -0.39 is 24.3 Å². The zero-order chi connectivity index (χ0) is 28.7. The highest BCUT2D eigenvalue weighted by atomic mass is 19.4. The fraction of sp³-hybridized carbons (Fsp3) is 0.414. The molecule has 1 aromatic heterocycles. The molecule has 3 heterocycles. The van der Waals surface area contributed by atoms with Gasteiger partial charge in [0.1, 0.15) is 11.9 Å². The normalized spacial score (nSPS) is 19.5. The number of aromatic nitrogens is 2. The van der Waals surface area contributed by atoms with Crippen LogP contribution in [0.2, 0.25) is 0 Å². The first-order valence-electron chi connectivity index (χ1n) is 13.2. The Kier molecular flexibility index (Phi) is 7.34. The fourth-order valence-electron chi connectivity index (χ4n) is 5.77. The van der Waals surface area contributed by atoms with Gasteiger partial charge in [0.05, 0.1) is 0 Å².